The first-order valence-corrected chi connectivity index (χ1v) is 6.24. The third-order valence-electron chi connectivity index (χ3n) is 2.62. The number of carbonyl (C=O) groups is 1. The highest BCUT2D eigenvalue weighted by Gasteiger charge is 2.35. The van der Waals surface area contributed by atoms with E-state index in [0.29, 0.717) is 18.8 Å². The minimum absolute atomic E-state index is 0.0574. The van der Waals surface area contributed by atoms with E-state index in [-0.39, 0.29) is 18.0 Å². The monoisotopic (exact) mass is 267 g/mol. The molecule has 0 unspecified atom stereocenters. The molecule has 0 aliphatic carbocycles. The molecule has 0 bridgehead atoms. The minimum Gasteiger partial charge on any atom is -0.487 e. The molecule has 1 aliphatic heterocycles. The SMILES string of the molecule is CC(C)(C)OC(=O)N1CC(Oc2ccc(F)cc2)C1. The summed E-state index contributed by atoms with van der Waals surface area (Å²) in [5, 5.41) is 0. The lowest BCUT2D eigenvalue weighted by molar-refractivity contribution is -0.0221. The second-order valence-electron chi connectivity index (χ2n) is 5.58. The van der Waals surface area contributed by atoms with E-state index < -0.39 is 5.60 Å². The van der Waals surface area contributed by atoms with Gasteiger partial charge in [0.15, 0.2) is 0 Å². The quantitative estimate of drug-likeness (QED) is 0.827. The first-order chi connectivity index (χ1) is 8.83. The van der Waals surface area contributed by atoms with Gasteiger partial charge in [-0.3, -0.25) is 0 Å². The van der Waals surface area contributed by atoms with Gasteiger partial charge in [0.25, 0.3) is 0 Å². The van der Waals surface area contributed by atoms with Gasteiger partial charge in [-0.2, -0.15) is 0 Å². The van der Waals surface area contributed by atoms with Gasteiger partial charge in [0, 0.05) is 0 Å². The molecular weight excluding hydrogens is 249 g/mol. The van der Waals surface area contributed by atoms with Crippen molar-refractivity contribution in [3.63, 3.8) is 0 Å². The van der Waals surface area contributed by atoms with Crippen molar-refractivity contribution in [1.82, 2.24) is 4.90 Å². The number of halogens is 1. The van der Waals surface area contributed by atoms with Crippen LogP contribution in [-0.2, 0) is 4.74 Å². The first kappa shape index (κ1) is 13.6. The molecule has 1 aromatic carbocycles. The van der Waals surface area contributed by atoms with Crippen molar-refractivity contribution in [2.45, 2.75) is 32.5 Å². The van der Waals surface area contributed by atoms with E-state index in [1.54, 1.807) is 17.0 Å². The van der Waals surface area contributed by atoms with Crippen molar-refractivity contribution in [1.29, 1.82) is 0 Å². The Morgan fingerprint density at radius 1 is 1.26 bits per heavy atom. The van der Waals surface area contributed by atoms with E-state index in [1.807, 2.05) is 20.8 Å². The van der Waals surface area contributed by atoms with Crippen LogP contribution in [0.2, 0.25) is 0 Å². The predicted molar refractivity (Wildman–Crippen MR) is 68.6 cm³/mol. The fraction of sp³-hybridized carbons (Fsp3) is 0.500. The molecule has 0 radical (unpaired) electrons. The summed E-state index contributed by atoms with van der Waals surface area (Å²) in [6, 6.07) is 5.84. The maximum Gasteiger partial charge on any atom is 0.410 e. The Hall–Kier alpha value is -1.78. The van der Waals surface area contributed by atoms with Crippen LogP contribution >= 0.6 is 0 Å². The molecule has 0 N–H and O–H groups in total. The van der Waals surface area contributed by atoms with Crippen LogP contribution in [0.5, 0.6) is 5.75 Å². The van der Waals surface area contributed by atoms with Crippen LogP contribution in [0, 0.1) is 5.82 Å². The third-order valence-corrected chi connectivity index (χ3v) is 2.62. The molecule has 1 saturated heterocycles. The lowest BCUT2D eigenvalue weighted by Crippen LogP contribution is -2.57. The summed E-state index contributed by atoms with van der Waals surface area (Å²) < 4.78 is 23.6. The van der Waals surface area contributed by atoms with Crippen molar-refractivity contribution in [2.75, 3.05) is 13.1 Å². The summed E-state index contributed by atoms with van der Waals surface area (Å²) >= 11 is 0. The molecule has 1 fully saturated rings. The van der Waals surface area contributed by atoms with Crippen molar-refractivity contribution in [3.8, 4) is 5.75 Å². The van der Waals surface area contributed by atoms with Gasteiger partial charge in [-0.1, -0.05) is 0 Å². The Morgan fingerprint density at radius 2 is 1.84 bits per heavy atom. The highest BCUT2D eigenvalue weighted by atomic mass is 19.1. The first-order valence-electron chi connectivity index (χ1n) is 6.24. The van der Waals surface area contributed by atoms with Crippen molar-refractivity contribution in [2.24, 2.45) is 0 Å². The summed E-state index contributed by atoms with van der Waals surface area (Å²) in [4.78, 5) is 13.3. The normalized spacial score (nSPS) is 15.9. The number of likely N-dealkylation sites (tertiary alicyclic amines) is 1. The van der Waals surface area contributed by atoms with Crippen molar-refractivity contribution < 1.29 is 18.7 Å². The maximum atomic E-state index is 12.7. The number of hydrogen-bond donors (Lipinski definition) is 0. The Morgan fingerprint density at radius 3 is 2.37 bits per heavy atom. The van der Waals surface area contributed by atoms with E-state index >= 15 is 0 Å². The minimum atomic E-state index is -0.486. The predicted octanol–water partition coefficient (Wildman–Crippen LogP) is 2.82. The van der Waals surface area contributed by atoms with Gasteiger partial charge in [0.2, 0.25) is 0 Å². The van der Waals surface area contributed by atoms with Crippen LogP contribution in [0.1, 0.15) is 20.8 Å². The highest BCUT2D eigenvalue weighted by Crippen LogP contribution is 2.20. The smallest absolute Gasteiger partial charge is 0.410 e. The Labute approximate surface area is 112 Å². The largest absolute Gasteiger partial charge is 0.487 e. The molecule has 4 nitrogen and oxygen atoms in total. The zero-order chi connectivity index (χ0) is 14.0. The van der Waals surface area contributed by atoms with Gasteiger partial charge < -0.3 is 14.4 Å². The van der Waals surface area contributed by atoms with Crippen LogP contribution in [-0.4, -0.2) is 35.8 Å². The van der Waals surface area contributed by atoms with Gasteiger partial charge in [-0.05, 0) is 45.0 Å². The molecule has 0 spiro atoms. The second-order valence-corrected chi connectivity index (χ2v) is 5.58. The molecule has 1 amide bonds. The van der Waals surface area contributed by atoms with Crippen LogP contribution < -0.4 is 4.74 Å². The number of ether oxygens (including phenoxy) is 2. The zero-order valence-corrected chi connectivity index (χ0v) is 11.4. The lowest BCUT2D eigenvalue weighted by atomic mass is 10.1. The van der Waals surface area contributed by atoms with E-state index in [1.165, 1.54) is 12.1 Å². The van der Waals surface area contributed by atoms with E-state index in [2.05, 4.69) is 0 Å². The average molecular weight is 267 g/mol. The standard InChI is InChI=1S/C14H18FNO3/c1-14(2,3)19-13(17)16-8-12(9-16)18-11-6-4-10(15)5-7-11/h4-7,12H,8-9H2,1-3H3. The molecule has 0 aromatic heterocycles. The molecule has 1 aromatic rings. The summed E-state index contributed by atoms with van der Waals surface area (Å²) in [6.07, 6.45) is -0.385. The van der Waals surface area contributed by atoms with E-state index in [9.17, 15) is 9.18 Å². The van der Waals surface area contributed by atoms with Crippen molar-refractivity contribution in [3.05, 3.63) is 30.1 Å². The zero-order valence-electron chi connectivity index (χ0n) is 11.4. The molecule has 0 atom stereocenters. The molecule has 19 heavy (non-hydrogen) atoms. The third kappa shape index (κ3) is 3.84. The number of nitrogens with zero attached hydrogens (tertiary/aromatic N) is 1. The molecule has 2 rings (SSSR count). The lowest BCUT2D eigenvalue weighted by Gasteiger charge is -2.39. The Kier molecular flexibility index (Phi) is 3.64. The number of benzene rings is 1. The average Bonchev–Trinajstić information content (AvgIpc) is 2.22. The molecule has 104 valence electrons. The summed E-state index contributed by atoms with van der Waals surface area (Å²) in [5.41, 5.74) is -0.486. The number of amides is 1. The Bertz CT molecular complexity index is 447. The van der Waals surface area contributed by atoms with Gasteiger partial charge in [0.1, 0.15) is 23.3 Å². The molecular formula is C14H18FNO3. The summed E-state index contributed by atoms with van der Waals surface area (Å²) in [7, 11) is 0. The topological polar surface area (TPSA) is 38.8 Å². The Balaban J connectivity index is 1.77. The maximum absolute atomic E-state index is 12.7. The van der Waals surface area contributed by atoms with Gasteiger partial charge >= 0.3 is 6.09 Å². The van der Waals surface area contributed by atoms with Crippen LogP contribution in [0.25, 0.3) is 0 Å². The number of rotatable bonds is 2. The number of carbonyl (C=O) groups excluding carboxylic acids is 1. The van der Waals surface area contributed by atoms with Gasteiger partial charge in [0.05, 0.1) is 13.1 Å². The summed E-state index contributed by atoms with van der Waals surface area (Å²) in [6.45, 7) is 6.48. The van der Waals surface area contributed by atoms with E-state index in [0.717, 1.165) is 0 Å². The van der Waals surface area contributed by atoms with Crippen LogP contribution in [0.4, 0.5) is 9.18 Å². The molecule has 1 heterocycles. The van der Waals surface area contributed by atoms with E-state index in [4.69, 9.17) is 9.47 Å². The van der Waals surface area contributed by atoms with Gasteiger partial charge in [-0.25, -0.2) is 9.18 Å². The molecule has 5 heteroatoms. The highest BCUT2D eigenvalue weighted by molar-refractivity contribution is 5.69. The van der Waals surface area contributed by atoms with Crippen LogP contribution in [0.15, 0.2) is 24.3 Å². The summed E-state index contributed by atoms with van der Waals surface area (Å²) in [5.74, 6) is 0.312. The second kappa shape index (κ2) is 5.07. The van der Waals surface area contributed by atoms with Crippen molar-refractivity contribution >= 4 is 6.09 Å². The fourth-order valence-corrected chi connectivity index (χ4v) is 1.69. The fourth-order valence-electron chi connectivity index (χ4n) is 1.69. The van der Waals surface area contributed by atoms with Gasteiger partial charge in [-0.15, -0.1) is 0 Å². The number of hydrogen-bond acceptors (Lipinski definition) is 3. The molecule has 0 saturated carbocycles. The molecule has 1 aliphatic rings. The van der Waals surface area contributed by atoms with Crippen LogP contribution in [0.3, 0.4) is 0 Å².